The van der Waals surface area contributed by atoms with E-state index in [4.69, 9.17) is 0 Å². The molecule has 0 amide bonds. The summed E-state index contributed by atoms with van der Waals surface area (Å²) >= 11 is 0. The monoisotopic (exact) mass is 498 g/mol. The molecule has 0 radical (unpaired) electrons. The summed E-state index contributed by atoms with van der Waals surface area (Å²) in [6.07, 6.45) is 6.72. The van der Waals surface area contributed by atoms with Gasteiger partial charge in [-0.05, 0) is 89.4 Å². The Morgan fingerprint density at radius 3 is 1.87 bits per heavy atom. The summed E-state index contributed by atoms with van der Waals surface area (Å²) in [6, 6.07) is 37.7. The van der Waals surface area contributed by atoms with Crippen LogP contribution >= 0.6 is 0 Å². The Morgan fingerprint density at radius 1 is 0.590 bits per heavy atom. The van der Waals surface area contributed by atoms with Gasteiger partial charge >= 0.3 is 0 Å². The van der Waals surface area contributed by atoms with E-state index in [2.05, 4.69) is 125 Å². The van der Waals surface area contributed by atoms with Crippen LogP contribution in [0.5, 0.6) is 0 Å². The van der Waals surface area contributed by atoms with E-state index in [1.807, 2.05) is 18.2 Å². The highest BCUT2D eigenvalue weighted by Crippen LogP contribution is 2.45. The fraction of sp³-hybridized carbons (Fsp3) is 0.0270. The van der Waals surface area contributed by atoms with E-state index in [0.717, 1.165) is 12.1 Å². The summed E-state index contributed by atoms with van der Waals surface area (Å²) in [5.74, 6) is 0. The van der Waals surface area contributed by atoms with Crippen LogP contribution in [0.2, 0.25) is 0 Å². The molecule has 1 aliphatic carbocycles. The SMILES string of the molecule is C=C/C=C(\C=C)n1c2ccccc2c2cc3c(cc21)-c1cc2c(cc1C3)c1ccccc1n2-c1ccccc1. The highest BCUT2D eigenvalue weighted by atomic mass is 15.0. The topological polar surface area (TPSA) is 9.86 Å². The predicted octanol–water partition coefficient (Wildman–Crippen LogP) is 9.68. The molecule has 7 aromatic rings. The van der Waals surface area contributed by atoms with E-state index < -0.39 is 0 Å². The third kappa shape index (κ3) is 3.03. The van der Waals surface area contributed by atoms with Gasteiger partial charge in [-0.1, -0.05) is 73.8 Å². The number of nitrogens with zero attached hydrogens (tertiary/aromatic N) is 2. The molecular weight excluding hydrogens is 472 g/mol. The Kier molecular flexibility index (Phi) is 4.62. The molecule has 1 aliphatic rings. The predicted molar refractivity (Wildman–Crippen MR) is 167 cm³/mol. The zero-order valence-corrected chi connectivity index (χ0v) is 21.6. The van der Waals surface area contributed by atoms with Gasteiger partial charge in [-0.25, -0.2) is 0 Å². The maximum absolute atomic E-state index is 4.11. The molecule has 0 aliphatic heterocycles. The summed E-state index contributed by atoms with van der Waals surface area (Å²) < 4.78 is 4.72. The minimum atomic E-state index is 0.942. The van der Waals surface area contributed by atoms with E-state index in [1.54, 1.807) is 0 Å². The van der Waals surface area contributed by atoms with Crippen molar-refractivity contribution in [3.8, 4) is 16.8 Å². The van der Waals surface area contributed by atoms with Gasteiger partial charge in [0.2, 0.25) is 0 Å². The number of fused-ring (bicyclic) bond motifs is 9. The van der Waals surface area contributed by atoms with Crippen molar-refractivity contribution in [1.29, 1.82) is 0 Å². The minimum absolute atomic E-state index is 0.942. The highest BCUT2D eigenvalue weighted by molar-refractivity contribution is 6.14. The third-order valence-electron chi connectivity index (χ3n) is 8.24. The van der Waals surface area contributed by atoms with Crippen molar-refractivity contribution < 1.29 is 0 Å². The second-order valence-corrected chi connectivity index (χ2v) is 10.3. The molecule has 0 atom stereocenters. The van der Waals surface area contributed by atoms with Crippen LogP contribution in [-0.4, -0.2) is 9.13 Å². The number of rotatable bonds is 4. The Bertz CT molecular complexity index is 2170. The van der Waals surface area contributed by atoms with E-state index in [0.29, 0.717) is 0 Å². The molecule has 2 heteroatoms. The van der Waals surface area contributed by atoms with Crippen LogP contribution in [-0.2, 0) is 6.42 Å². The quantitative estimate of drug-likeness (QED) is 0.214. The maximum atomic E-state index is 4.11. The van der Waals surface area contributed by atoms with Crippen LogP contribution in [0.25, 0.3) is 66.1 Å². The van der Waals surface area contributed by atoms with Gasteiger partial charge < -0.3 is 9.13 Å². The van der Waals surface area contributed by atoms with Gasteiger partial charge in [0.1, 0.15) is 0 Å². The zero-order chi connectivity index (χ0) is 26.1. The lowest BCUT2D eigenvalue weighted by Crippen LogP contribution is -1.94. The number of hydrogen-bond acceptors (Lipinski definition) is 0. The number of hydrogen-bond donors (Lipinski definition) is 0. The smallest absolute Gasteiger partial charge is 0.0547 e. The summed E-state index contributed by atoms with van der Waals surface area (Å²) in [6.45, 7) is 8.06. The first kappa shape index (κ1) is 22.0. The van der Waals surface area contributed by atoms with Crippen LogP contribution < -0.4 is 0 Å². The first-order valence-electron chi connectivity index (χ1n) is 13.4. The lowest BCUT2D eigenvalue weighted by atomic mass is 10.0. The molecule has 0 N–H and O–H groups in total. The molecule has 8 rings (SSSR count). The average Bonchev–Trinajstić information content (AvgIpc) is 3.61. The second-order valence-electron chi connectivity index (χ2n) is 10.3. The van der Waals surface area contributed by atoms with Crippen molar-refractivity contribution in [3.63, 3.8) is 0 Å². The number of benzene rings is 5. The lowest BCUT2D eigenvalue weighted by molar-refractivity contribution is 1.18. The molecule has 2 nitrogen and oxygen atoms in total. The van der Waals surface area contributed by atoms with Gasteiger partial charge in [-0.15, -0.1) is 0 Å². The summed E-state index contributed by atoms with van der Waals surface area (Å²) in [5.41, 5.74) is 12.5. The van der Waals surface area contributed by atoms with Gasteiger partial charge in [0.25, 0.3) is 0 Å². The Hall–Kier alpha value is -5.08. The van der Waals surface area contributed by atoms with Gasteiger partial charge in [-0.3, -0.25) is 0 Å². The standard InChI is InChI=1S/C37H26N2/c1-3-12-26(4-2)38-34-17-10-8-15-28(34)32-20-24-19-25-21-33-29-16-9-11-18-35(29)39(27-13-6-5-7-14-27)37(33)23-31(25)30(24)22-36(32)38/h3-18,20-23H,1-2,19H2/b26-12+. The molecular formula is C37H26N2. The molecule has 0 spiro atoms. The lowest BCUT2D eigenvalue weighted by Gasteiger charge is -2.10. The van der Waals surface area contributed by atoms with Crippen molar-refractivity contribution in [2.75, 3.05) is 0 Å². The molecule has 0 fully saturated rings. The van der Waals surface area contributed by atoms with Gasteiger partial charge in [0, 0.05) is 32.9 Å². The van der Waals surface area contributed by atoms with E-state index in [9.17, 15) is 0 Å². The van der Waals surface area contributed by atoms with Crippen molar-refractivity contribution in [2.45, 2.75) is 6.42 Å². The summed E-state index contributed by atoms with van der Waals surface area (Å²) in [7, 11) is 0. The highest BCUT2D eigenvalue weighted by Gasteiger charge is 2.24. The van der Waals surface area contributed by atoms with Crippen LogP contribution in [0.4, 0.5) is 0 Å². The fourth-order valence-corrected chi connectivity index (χ4v) is 6.61. The fourth-order valence-electron chi connectivity index (χ4n) is 6.61. The van der Waals surface area contributed by atoms with Crippen LogP contribution in [0, 0.1) is 0 Å². The van der Waals surface area contributed by atoms with E-state index in [1.165, 1.54) is 71.6 Å². The molecule has 39 heavy (non-hydrogen) atoms. The van der Waals surface area contributed by atoms with Crippen molar-refractivity contribution in [2.24, 2.45) is 0 Å². The van der Waals surface area contributed by atoms with Crippen LogP contribution in [0.15, 0.2) is 135 Å². The van der Waals surface area contributed by atoms with Gasteiger partial charge in [0.05, 0.1) is 22.1 Å². The second kappa shape index (κ2) is 8.21. The number of allylic oxidation sites excluding steroid dienone is 4. The van der Waals surface area contributed by atoms with Crippen LogP contribution in [0.3, 0.4) is 0 Å². The molecule has 184 valence electrons. The van der Waals surface area contributed by atoms with Crippen molar-refractivity contribution in [3.05, 3.63) is 146 Å². The molecule has 0 bridgehead atoms. The third-order valence-corrected chi connectivity index (χ3v) is 8.24. The normalized spacial score (nSPS) is 12.9. The Labute approximate surface area is 227 Å². The molecule has 0 saturated carbocycles. The summed E-state index contributed by atoms with van der Waals surface area (Å²) in [5, 5.41) is 5.14. The largest absolute Gasteiger partial charge is 0.309 e. The molecule has 5 aromatic carbocycles. The Balaban J connectivity index is 1.45. The number of para-hydroxylation sites is 3. The average molecular weight is 499 g/mol. The van der Waals surface area contributed by atoms with Crippen LogP contribution in [0.1, 0.15) is 11.1 Å². The van der Waals surface area contributed by atoms with Gasteiger partial charge in [-0.2, -0.15) is 0 Å². The minimum Gasteiger partial charge on any atom is -0.309 e. The zero-order valence-electron chi connectivity index (χ0n) is 21.6. The van der Waals surface area contributed by atoms with Crippen molar-refractivity contribution >= 4 is 49.3 Å². The molecule has 0 saturated heterocycles. The molecule has 2 aromatic heterocycles. The number of aromatic nitrogens is 2. The van der Waals surface area contributed by atoms with Gasteiger partial charge in [0.15, 0.2) is 0 Å². The first-order chi connectivity index (χ1) is 19.3. The Morgan fingerprint density at radius 2 is 1.18 bits per heavy atom. The molecule has 2 heterocycles. The first-order valence-corrected chi connectivity index (χ1v) is 13.4. The van der Waals surface area contributed by atoms with E-state index >= 15 is 0 Å². The van der Waals surface area contributed by atoms with E-state index in [-0.39, 0.29) is 0 Å². The maximum Gasteiger partial charge on any atom is 0.0547 e. The summed E-state index contributed by atoms with van der Waals surface area (Å²) in [4.78, 5) is 0. The van der Waals surface area contributed by atoms with Crippen molar-refractivity contribution in [1.82, 2.24) is 9.13 Å². The molecule has 0 unspecified atom stereocenters.